The van der Waals surface area contributed by atoms with Gasteiger partial charge in [-0.25, -0.2) is 0 Å². The van der Waals surface area contributed by atoms with E-state index in [0.29, 0.717) is 20.7 Å². The van der Waals surface area contributed by atoms with E-state index in [2.05, 4.69) is 9.97 Å². The van der Waals surface area contributed by atoms with Crippen molar-refractivity contribution in [2.75, 3.05) is 12.0 Å². The van der Waals surface area contributed by atoms with Crippen molar-refractivity contribution < 1.29 is 9.53 Å². The quantitative estimate of drug-likeness (QED) is 0.506. The summed E-state index contributed by atoms with van der Waals surface area (Å²) in [6, 6.07) is 13.0. The van der Waals surface area contributed by atoms with Gasteiger partial charge in [0.25, 0.3) is 5.91 Å². The normalized spacial score (nSPS) is 15.9. The van der Waals surface area contributed by atoms with Crippen LogP contribution in [0, 0.1) is 0 Å². The van der Waals surface area contributed by atoms with E-state index in [4.69, 9.17) is 17.0 Å². The van der Waals surface area contributed by atoms with E-state index in [9.17, 15) is 4.79 Å². The number of methoxy groups -OCH3 is 1. The van der Waals surface area contributed by atoms with Crippen molar-refractivity contribution in [1.29, 1.82) is 0 Å². The molecule has 1 amide bonds. The zero-order valence-electron chi connectivity index (χ0n) is 13.7. The predicted octanol–water partition coefficient (Wildman–Crippen LogP) is 4.04. The minimum atomic E-state index is -0.146. The van der Waals surface area contributed by atoms with Gasteiger partial charge in [0.05, 0.1) is 28.7 Å². The average molecular weight is 379 g/mol. The number of carbonyl (C=O) groups is 1. The number of carbonyl (C=O) groups excluding carboxylic acids is 1. The summed E-state index contributed by atoms with van der Waals surface area (Å²) in [5.41, 5.74) is 3.17. The highest BCUT2D eigenvalue weighted by molar-refractivity contribution is 8.27. The molecule has 1 aliphatic rings. The third-order valence-corrected chi connectivity index (χ3v) is 5.20. The smallest absolute Gasteiger partial charge is 0.270 e. The lowest BCUT2D eigenvalue weighted by molar-refractivity contribution is -0.113. The topological polar surface area (TPSA) is 55.3 Å². The summed E-state index contributed by atoms with van der Waals surface area (Å²) < 4.78 is 5.73. The van der Waals surface area contributed by atoms with Crippen LogP contribution in [0.25, 0.3) is 17.1 Å². The second-order valence-corrected chi connectivity index (χ2v) is 7.20. The van der Waals surface area contributed by atoms with Gasteiger partial charge in [-0.2, -0.15) is 0 Å². The molecule has 0 bridgehead atoms. The number of fused-ring (bicyclic) bond motifs is 1. The predicted molar refractivity (Wildman–Crippen MR) is 108 cm³/mol. The van der Waals surface area contributed by atoms with Gasteiger partial charge in [-0.1, -0.05) is 36.1 Å². The van der Waals surface area contributed by atoms with Gasteiger partial charge in [-0.3, -0.25) is 19.7 Å². The lowest BCUT2D eigenvalue weighted by Gasteiger charge is -2.15. The van der Waals surface area contributed by atoms with Crippen molar-refractivity contribution in [1.82, 2.24) is 9.97 Å². The van der Waals surface area contributed by atoms with Crippen LogP contribution < -0.4 is 9.64 Å². The molecule has 0 unspecified atom stereocenters. The van der Waals surface area contributed by atoms with Crippen LogP contribution in [0.4, 0.5) is 5.69 Å². The molecule has 2 aromatic carbocycles. The Hall–Kier alpha value is -2.77. The molecular weight excluding hydrogens is 366 g/mol. The number of thioether (sulfide) groups is 1. The van der Waals surface area contributed by atoms with E-state index in [0.717, 1.165) is 16.6 Å². The minimum Gasteiger partial charge on any atom is -0.497 e. The standard InChI is InChI=1S/C19H13N3O2S2/c1-24-14-4-2-3-13(11-14)22-18(23)17(26-19(22)25)10-12-5-6-15-16(9-12)21-8-7-20-15/h2-11H,1H3. The minimum absolute atomic E-state index is 0.146. The van der Waals surface area contributed by atoms with Gasteiger partial charge in [0.15, 0.2) is 4.32 Å². The zero-order valence-corrected chi connectivity index (χ0v) is 15.4. The molecule has 1 fully saturated rings. The van der Waals surface area contributed by atoms with Gasteiger partial charge in [0.1, 0.15) is 5.75 Å². The zero-order chi connectivity index (χ0) is 18.1. The number of aromatic nitrogens is 2. The molecule has 1 aliphatic heterocycles. The fraction of sp³-hybridized carbons (Fsp3) is 0.0526. The largest absolute Gasteiger partial charge is 0.497 e. The molecule has 7 heteroatoms. The highest BCUT2D eigenvalue weighted by Gasteiger charge is 2.33. The number of nitrogens with zero attached hydrogens (tertiary/aromatic N) is 3. The fourth-order valence-electron chi connectivity index (χ4n) is 2.66. The number of anilines is 1. The molecule has 3 aromatic rings. The first-order valence-corrected chi connectivity index (χ1v) is 9.01. The Morgan fingerprint density at radius 2 is 1.92 bits per heavy atom. The fourth-order valence-corrected chi connectivity index (χ4v) is 3.96. The van der Waals surface area contributed by atoms with E-state index in [1.807, 2.05) is 42.5 Å². The molecule has 0 N–H and O–H groups in total. The van der Waals surface area contributed by atoms with E-state index >= 15 is 0 Å². The molecule has 0 saturated carbocycles. The van der Waals surface area contributed by atoms with Crippen molar-refractivity contribution in [3.8, 4) is 5.75 Å². The van der Waals surface area contributed by atoms with E-state index in [1.165, 1.54) is 16.7 Å². The first-order valence-electron chi connectivity index (χ1n) is 7.78. The van der Waals surface area contributed by atoms with Crippen molar-refractivity contribution in [3.63, 3.8) is 0 Å². The Morgan fingerprint density at radius 1 is 1.12 bits per heavy atom. The monoisotopic (exact) mass is 379 g/mol. The molecule has 128 valence electrons. The second-order valence-electron chi connectivity index (χ2n) is 5.52. The molecule has 5 nitrogen and oxygen atoms in total. The Bertz CT molecular complexity index is 1070. The Balaban J connectivity index is 1.68. The number of benzene rings is 2. The number of hydrogen-bond acceptors (Lipinski definition) is 6. The summed E-state index contributed by atoms with van der Waals surface area (Å²) in [6.45, 7) is 0. The van der Waals surface area contributed by atoms with E-state index in [-0.39, 0.29) is 5.91 Å². The van der Waals surface area contributed by atoms with Crippen molar-refractivity contribution in [3.05, 3.63) is 65.3 Å². The highest BCUT2D eigenvalue weighted by atomic mass is 32.2. The van der Waals surface area contributed by atoms with Crippen LogP contribution >= 0.6 is 24.0 Å². The molecule has 26 heavy (non-hydrogen) atoms. The lowest BCUT2D eigenvalue weighted by atomic mass is 10.1. The lowest BCUT2D eigenvalue weighted by Crippen LogP contribution is -2.27. The maximum atomic E-state index is 12.9. The maximum Gasteiger partial charge on any atom is 0.270 e. The third-order valence-electron chi connectivity index (χ3n) is 3.90. The van der Waals surface area contributed by atoms with Crippen LogP contribution in [-0.2, 0) is 4.79 Å². The number of amides is 1. The first kappa shape index (κ1) is 16.7. The first-order chi connectivity index (χ1) is 12.7. The van der Waals surface area contributed by atoms with Crippen molar-refractivity contribution in [2.24, 2.45) is 0 Å². The van der Waals surface area contributed by atoms with Crippen molar-refractivity contribution >= 4 is 57.0 Å². The molecule has 1 saturated heterocycles. The van der Waals surface area contributed by atoms with Crippen molar-refractivity contribution in [2.45, 2.75) is 0 Å². The summed E-state index contributed by atoms with van der Waals surface area (Å²) in [7, 11) is 1.59. The Kier molecular flexibility index (Phi) is 4.40. The van der Waals surface area contributed by atoms with Crippen LogP contribution in [0.5, 0.6) is 5.75 Å². The molecule has 0 radical (unpaired) electrons. The van der Waals surface area contributed by atoms with E-state index in [1.54, 1.807) is 25.6 Å². The highest BCUT2D eigenvalue weighted by Crippen LogP contribution is 2.37. The number of thiocarbonyl (C=S) groups is 1. The number of rotatable bonds is 3. The van der Waals surface area contributed by atoms with Gasteiger partial charge in [0, 0.05) is 18.5 Å². The van der Waals surface area contributed by atoms with Crippen LogP contribution in [0.1, 0.15) is 5.56 Å². The van der Waals surface area contributed by atoms with Gasteiger partial charge >= 0.3 is 0 Å². The summed E-state index contributed by atoms with van der Waals surface area (Å²) in [5.74, 6) is 0.529. The summed E-state index contributed by atoms with van der Waals surface area (Å²) >= 11 is 6.70. The van der Waals surface area contributed by atoms with Crippen LogP contribution in [0.2, 0.25) is 0 Å². The second kappa shape index (κ2) is 6.86. The Labute approximate surface area is 159 Å². The van der Waals surface area contributed by atoms with Gasteiger partial charge in [0.2, 0.25) is 0 Å². The van der Waals surface area contributed by atoms with Crippen LogP contribution in [0.3, 0.4) is 0 Å². The molecule has 0 atom stereocenters. The SMILES string of the molecule is COc1cccc(N2C(=O)C(=Cc3ccc4nccnc4c3)SC2=S)c1. The summed E-state index contributed by atoms with van der Waals surface area (Å²) in [6.07, 6.45) is 5.13. The van der Waals surface area contributed by atoms with E-state index < -0.39 is 0 Å². The third kappa shape index (κ3) is 3.07. The Morgan fingerprint density at radius 3 is 2.73 bits per heavy atom. The van der Waals surface area contributed by atoms with Gasteiger partial charge < -0.3 is 4.74 Å². The van der Waals surface area contributed by atoms with Crippen LogP contribution in [-0.4, -0.2) is 27.3 Å². The molecular formula is C19H13N3O2S2. The molecule has 4 rings (SSSR count). The average Bonchev–Trinajstić information content (AvgIpc) is 2.95. The molecule has 1 aromatic heterocycles. The number of ether oxygens (including phenoxy) is 1. The number of hydrogen-bond donors (Lipinski definition) is 0. The molecule has 0 spiro atoms. The summed E-state index contributed by atoms with van der Waals surface area (Å²) in [5, 5.41) is 0. The molecule has 2 heterocycles. The van der Waals surface area contributed by atoms with Crippen LogP contribution in [0.15, 0.2) is 59.8 Å². The summed E-state index contributed by atoms with van der Waals surface area (Å²) in [4.78, 5) is 23.5. The molecule has 0 aliphatic carbocycles. The van der Waals surface area contributed by atoms with Gasteiger partial charge in [-0.15, -0.1) is 0 Å². The maximum absolute atomic E-state index is 12.9. The van der Waals surface area contributed by atoms with Gasteiger partial charge in [-0.05, 0) is 35.9 Å².